The predicted octanol–water partition coefficient (Wildman–Crippen LogP) is 2.01. The molecule has 16 heavy (non-hydrogen) atoms. The summed E-state index contributed by atoms with van der Waals surface area (Å²) < 4.78 is 10.8. The van der Waals surface area contributed by atoms with Crippen LogP contribution < -0.4 is 15.2 Å². The third-order valence-electron chi connectivity index (χ3n) is 2.05. The molecule has 0 unspecified atom stereocenters. The zero-order valence-electron chi connectivity index (χ0n) is 9.91. The van der Waals surface area contributed by atoms with Gasteiger partial charge in [-0.3, -0.25) is 5.41 Å². The van der Waals surface area contributed by atoms with E-state index in [0.29, 0.717) is 29.6 Å². The Bertz CT molecular complexity index is 375. The van der Waals surface area contributed by atoms with Crippen LogP contribution in [0.4, 0.5) is 0 Å². The van der Waals surface area contributed by atoms with Crippen molar-refractivity contribution in [2.24, 2.45) is 11.7 Å². The smallest absolute Gasteiger partial charge is 0.161 e. The lowest BCUT2D eigenvalue weighted by atomic mass is 10.2. The van der Waals surface area contributed by atoms with Crippen molar-refractivity contribution in [2.75, 3.05) is 13.7 Å². The quantitative estimate of drug-likeness (QED) is 0.591. The van der Waals surface area contributed by atoms with Crippen molar-refractivity contribution in [2.45, 2.75) is 13.8 Å². The van der Waals surface area contributed by atoms with E-state index >= 15 is 0 Å². The number of hydrogen-bond acceptors (Lipinski definition) is 3. The zero-order valence-corrected chi connectivity index (χ0v) is 9.91. The Morgan fingerprint density at radius 1 is 1.38 bits per heavy atom. The van der Waals surface area contributed by atoms with E-state index in [1.807, 2.05) is 0 Å². The van der Waals surface area contributed by atoms with Gasteiger partial charge >= 0.3 is 0 Å². The normalized spacial score (nSPS) is 10.2. The van der Waals surface area contributed by atoms with Gasteiger partial charge in [-0.25, -0.2) is 0 Å². The number of amidine groups is 1. The second-order valence-corrected chi connectivity index (χ2v) is 3.98. The maximum atomic E-state index is 7.33. The molecule has 0 spiro atoms. The second kappa shape index (κ2) is 5.39. The van der Waals surface area contributed by atoms with E-state index < -0.39 is 0 Å². The van der Waals surface area contributed by atoms with Gasteiger partial charge in [0, 0.05) is 5.56 Å². The number of nitrogen functional groups attached to an aromatic ring is 1. The maximum absolute atomic E-state index is 7.33. The molecule has 0 atom stereocenters. The van der Waals surface area contributed by atoms with Gasteiger partial charge in [0.2, 0.25) is 0 Å². The summed E-state index contributed by atoms with van der Waals surface area (Å²) in [5.41, 5.74) is 6.03. The van der Waals surface area contributed by atoms with Crippen molar-refractivity contribution < 1.29 is 9.47 Å². The van der Waals surface area contributed by atoms with E-state index in [1.165, 1.54) is 0 Å². The highest BCUT2D eigenvalue weighted by Crippen LogP contribution is 2.28. The van der Waals surface area contributed by atoms with Crippen molar-refractivity contribution in [1.29, 1.82) is 5.41 Å². The molecule has 0 aliphatic rings. The van der Waals surface area contributed by atoms with Gasteiger partial charge in [-0.05, 0) is 24.1 Å². The third-order valence-corrected chi connectivity index (χ3v) is 2.05. The predicted molar refractivity (Wildman–Crippen MR) is 64.3 cm³/mol. The van der Waals surface area contributed by atoms with Crippen molar-refractivity contribution in [3.05, 3.63) is 23.8 Å². The van der Waals surface area contributed by atoms with E-state index in [4.69, 9.17) is 20.6 Å². The first-order valence-electron chi connectivity index (χ1n) is 5.19. The molecular formula is C12H18N2O2. The Hall–Kier alpha value is -1.71. The highest BCUT2D eigenvalue weighted by Gasteiger charge is 2.07. The van der Waals surface area contributed by atoms with Crippen LogP contribution in [-0.4, -0.2) is 19.6 Å². The van der Waals surface area contributed by atoms with Gasteiger partial charge in [0.25, 0.3) is 0 Å². The van der Waals surface area contributed by atoms with Crippen molar-refractivity contribution >= 4 is 5.84 Å². The molecule has 0 aliphatic heterocycles. The monoisotopic (exact) mass is 222 g/mol. The number of nitrogens with two attached hydrogens (primary N) is 1. The molecule has 0 saturated heterocycles. The summed E-state index contributed by atoms with van der Waals surface area (Å²) in [7, 11) is 1.57. The number of nitrogens with one attached hydrogen (secondary N) is 1. The SMILES string of the molecule is COc1cc(C(=N)N)ccc1OCC(C)C. The highest BCUT2D eigenvalue weighted by molar-refractivity contribution is 5.95. The lowest BCUT2D eigenvalue weighted by molar-refractivity contribution is 0.257. The van der Waals surface area contributed by atoms with Crippen LogP contribution in [0.2, 0.25) is 0 Å². The van der Waals surface area contributed by atoms with Crippen LogP contribution in [-0.2, 0) is 0 Å². The summed E-state index contributed by atoms with van der Waals surface area (Å²) in [5, 5.41) is 7.33. The molecule has 88 valence electrons. The molecule has 0 bridgehead atoms. The molecule has 1 aromatic carbocycles. The fraction of sp³-hybridized carbons (Fsp3) is 0.417. The zero-order chi connectivity index (χ0) is 12.1. The third kappa shape index (κ3) is 3.15. The van der Waals surface area contributed by atoms with Gasteiger partial charge in [-0.15, -0.1) is 0 Å². The molecule has 0 heterocycles. The largest absolute Gasteiger partial charge is 0.493 e. The molecule has 0 fully saturated rings. The minimum absolute atomic E-state index is 0.0220. The Balaban J connectivity index is 2.89. The van der Waals surface area contributed by atoms with Gasteiger partial charge in [-0.1, -0.05) is 13.8 Å². The summed E-state index contributed by atoms with van der Waals surface area (Å²) >= 11 is 0. The molecule has 4 heteroatoms. The van der Waals surface area contributed by atoms with Gasteiger partial charge in [0.15, 0.2) is 11.5 Å². The molecule has 4 nitrogen and oxygen atoms in total. The lowest BCUT2D eigenvalue weighted by Gasteiger charge is -2.13. The fourth-order valence-electron chi connectivity index (χ4n) is 1.21. The van der Waals surface area contributed by atoms with Crippen LogP contribution in [0.15, 0.2) is 18.2 Å². The second-order valence-electron chi connectivity index (χ2n) is 3.98. The Morgan fingerprint density at radius 3 is 2.56 bits per heavy atom. The summed E-state index contributed by atoms with van der Waals surface area (Å²) in [6, 6.07) is 5.23. The van der Waals surface area contributed by atoms with Gasteiger partial charge in [0.1, 0.15) is 5.84 Å². The summed E-state index contributed by atoms with van der Waals surface area (Å²) in [4.78, 5) is 0. The van der Waals surface area contributed by atoms with Crippen LogP contribution in [0.3, 0.4) is 0 Å². The van der Waals surface area contributed by atoms with E-state index in [0.717, 1.165) is 0 Å². The molecule has 1 rings (SSSR count). The molecule has 3 N–H and O–H groups in total. The minimum atomic E-state index is 0.0220. The lowest BCUT2D eigenvalue weighted by Crippen LogP contribution is -2.11. The molecule has 0 amide bonds. The average Bonchev–Trinajstić information content (AvgIpc) is 2.25. The van der Waals surface area contributed by atoms with Crippen LogP contribution in [0.25, 0.3) is 0 Å². The van der Waals surface area contributed by atoms with Crippen molar-refractivity contribution in [3.63, 3.8) is 0 Å². The fourth-order valence-corrected chi connectivity index (χ4v) is 1.21. The number of hydrogen-bond donors (Lipinski definition) is 2. The molecule has 0 saturated carbocycles. The van der Waals surface area contributed by atoms with E-state index in [-0.39, 0.29) is 5.84 Å². The number of ether oxygens (including phenoxy) is 2. The van der Waals surface area contributed by atoms with Crippen LogP contribution >= 0.6 is 0 Å². The van der Waals surface area contributed by atoms with Crippen molar-refractivity contribution in [3.8, 4) is 11.5 Å². The molecular weight excluding hydrogens is 204 g/mol. The van der Waals surface area contributed by atoms with Gasteiger partial charge in [0.05, 0.1) is 13.7 Å². The summed E-state index contributed by atoms with van der Waals surface area (Å²) in [5.74, 6) is 1.76. The van der Waals surface area contributed by atoms with Crippen LogP contribution in [0.5, 0.6) is 11.5 Å². The number of methoxy groups -OCH3 is 1. The Kier molecular flexibility index (Phi) is 4.17. The highest BCUT2D eigenvalue weighted by atomic mass is 16.5. The Morgan fingerprint density at radius 2 is 2.06 bits per heavy atom. The minimum Gasteiger partial charge on any atom is -0.493 e. The van der Waals surface area contributed by atoms with Gasteiger partial charge in [-0.2, -0.15) is 0 Å². The molecule has 0 radical (unpaired) electrons. The Labute approximate surface area is 95.9 Å². The molecule has 1 aromatic rings. The number of benzene rings is 1. The first-order chi connectivity index (χ1) is 7.54. The first-order valence-corrected chi connectivity index (χ1v) is 5.19. The standard InChI is InChI=1S/C12H18N2O2/c1-8(2)7-16-10-5-4-9(12(13)14)6-11(10)15-3/h4-6,8H,7H2,1-3H3,(H3,13,14). The van der Waals surface area contributed by atoms with Crippen LogP contribution in [0, 0.1) is 11.3 Å². The molecule has 0 aromatic heterocycles. The van der Waals surface area contributed by atoms with Crippen LogP contribution in [0.1, 0.15) is 19.4 Å². The van der Waals surface area contributed by atoms with E-state index in [2.05, 4.69) is 13.8 Å². The summed E-state index contributed by atoms with van der Waals surface area (Å²) in [6.45, 7) is 4.79. The van der Waals surface area contributed by atoms with E-state index in [1.54, 1.807) is 25.3 Å². The van der Waals surface area contributed by atoms with Gasteiger partial charge < -0.3 is 15.2 Å². The first kappa shape index (κ1) is 12.4. The topological polar surface area (TPSA) is 68.3 Å². The van der Waals surface area contributed by atoms with Crippen molar-refractivity contribution in [1.82, 2.24) is 0 Å². The van der Waals surface area contributed by atoms with E-state index in [9.17, 15) is 0 Å². The average molecular weight is 222 g/mol. The molecule has 0 aliphatic carbocycles. The summed E-state index contributed by atoms with van der Waals surface area (Å²) in [6.07, 6.45) is 0. The number of rotatable bonds is 5. The maximum Gasteiger partial charge on any atom is 0.161 e.